The molecule has 6 heteroatoms. The van der Waals surface area contributed by atoms with Crippen molar-refractivity contribution in [1.29, 1.82) is 0 Å². The van der Waals surface area contributed by atoms with E-state index in [-0.39, 0.29) is 11.3 Å². The summed E-state index contributed by atoms with van der Waals surface area (Å²) in [6.45, 7) is 0. The summed E-state index contributed by atoms with van der Waals surface area (Å²) in [5, 5.41) is 0.355. The van der Waals surface area contributed by atoms with Gasteiger partial charge in [0.05, 0.1) is 10.0 Å². The Bertz CT molecular complexity index is 392. The minimum atomic E-state index is -1.02. The van der Waals surface area contributed by atoms with E-state index in [0.29, 0.717) is 15.8 Å². The van der Waals surface area contributed by atoms with E-state index in [1.165, 1.54) is 12.1 Å². The maximum absolute atomic E-state index is 10.6. The van der Waals surface area contributed by atoms with Gasteiger partial charge in [-0.05, 0) is 28.1 Å². The molecule has 0 bridgehead atoms. The highest BCUT2D eigenvalue weighted by atomic mass is 79.9. The molecule has 0 spiro atoms. The van der Waals surface area contributed by atoms with Crippen molar-refractivity contribution in [1.82, 2.24) is 0 Å². The monoisotopic (exact) mass is 296 g/mol. The van der Waals surface area contributed by atoms with E-state index in [1.54, 1.807) is 0 Å². The minimum absolute atomic E-state index is 0.0596. The normalized spacial score (nSPS) is 9.64. The van der Waals surface area contributed by atoms with Crippen LogP contribution in [0.15, 0.2) is 16.6 Å². The summed E-state index contributed by atoms with van der Waals surface area (Å²) in [6.07, 6.45) is 0.520. The zero-order valence-corrected chi connectivity index (χ0v) is 9.69. The standard InChI is InChI=1S/C8H3BrCl2O3/c9-6-2-5(10)1-4(3-12)7(6)14-8(11)13/h1-3H. The van der Waals surface area contributed by atoms with Gasteiger partial charge in [0.25, 0.3) is 0 Å². The number of carbonyl (C=O) groups excluding carboxylic acids is 2. The lowest BCUT2D eigenvalue weighted by Gasteiger charge is -2.06. The van der Waals surface area contributed by atoms with Crippen LogP contribution in [-0.4, -0.2) is 11.7 Å². The van der Waals surface area contributed by atoms with Gasteiger partial charge in [0.1, 0.15) is 0 Å². The summed E-state index contributed by atoms with van der Waals surface area (Å²) in [7, 11) is 0. The fraction of sp³-hybridized carbons (Fsp3) is 0. The molecule has 74 valence electrons. The van der Waals surface area contributed by atoms with Crippen molar-refractivity contribution in [3.8, 4) is 5.75 Å². The molecule has 0 atom stereocenters. The molecule has 0 aromatic heterocycles. The average molecular weight is 298 g/mol. The van der Waals surface area contributed by atoms with Crippen LogP contribution >= 0.6 is 39.1 Å². The van der Waals surface area contributed by atoms with E-state index in [4.69, 9.17) is 23.2 Å². The molecule has 0 heterocycles. The number of carbonyl (C=O) groups is 2. The third kappa shape index (κ3) is 2.70. The number of hydrogen-bond donors (Lipinski definition) is 0. The third-order valence-electron chi connectivity index (χ3n) is 1.35. The summed E-state index contributed by atoms with van der Waals surface area (Å²) >= 11 is 13.8. The van der Waals surface area contributed by atoms with Crippen molar-refractivity contribution in [2.75, 3.05) is 0 Å². The molecule has 0 fully saturated rings. The van der Waals surface area contributed by atoms with Crippen LogP contribution in [0, 0.1) is 0 Å². The highest BCUT2D eigenvalue weighted by Crippen LogP contribution is 2.32. The fourth-order valence-corrected chi connectivity index (χ4v) is 1.85. The minimum Gasteiger partial charge on any atom is -0.413 e. The molecule has 1 rings (SSSR count). The van der Waals surface area contributed by atoms with Crippen molar-refractivity contribution in [3.05, 3.63) is 27.2 Å². The quantitative estimate of drug-likeness (QED) is 0.618. The Hall–Kier alpha value is -0.580. The lowest BCUT2D eigenvalue weighted by Crippen LogP contribution is -2.00. The van der Waals surface area contributed by atoms with Crippen molar-refractivity contribution in [3.63, 3.8) is 0 Å². The maximum atomic E-state index is 10.6. The number of rotatable bonds is 2. The SMILES string of the molecule is O=Cc1cc(Cl)cc(Br)c1OC(=O)Cl. The average Bonchev–Trinajstić information content (AvgIpc) is 2.08. The molecular formula is C8H3BrCl2O3. The molecule has 14 heavy (non-hydrogen) atoms. The molecule has 0 aliphatic rings. The van der Waals surface area contributed by atoms with E-state index in [1.807, 2.05) is 0 Å². The molecule has 0 unspecified atom stereocenters. The second kappa shape index (κ2) is 4.77. The molecule has 0 aliphatic carbocycles. The van der Waals surface area contributed by atoms with Crippen molar-refractivity contribution in [2.24, 2.45) is 0 Å². The molecule has 0 saturated carbocycles. The van der Waals surface area contributed by atoms with Gasteiger partial charge in [-0.25, -0.2) is 4.79 Å². The third-order valence-corrected chi connectivity index (χ3v) is 2.23. The van der Waals surface area contributed by atoms with Crippen molar-refractivity contribution < 1.29 is 14.3 Å². The first-order valence-electron chi connectivity index (χ1n) is 3.36. The van der Waals surface area contributed by atoms with Crippen LogP contribution in [0.25, 0.3) is 0 Å². The molecule has 1 aromatic carbocycles. The Labute approximate surface area is 98.1 Å². The van der Waals surface area contributed by atoms with Gasteiger partial charge in [-0.3, -0.25) is 4.79 Å². The van der Waals surface area contributed by atoms with Gasteiger partial charge >= 0.3 is 5.43 Å². The molecule has 0 aliphatic heterocycles. The predicted molar refractivity (Wildman–Crippen MR) is 56.4 cm³/mol. The highest BCUT2D eigenvalue weighted by Gasteiger charge is 2.12. The fourth-order valence-electron chi connectivity index (χ4n) is 0.856. The van der Waals surface area contributed by atoms with Gasteiger partial charge in [0.2, 0.25) is 0 Å². The first-order chi connectivity index (χ1) is 6.54. The topological polar surface area (TPSA) is 43.4 Å². The number of ether oxygens (including phenoxy) is 1. The first kappa shape index (κ1) is 11.5. The van der Waals surface area contributed by atoms with E-state index in [2.05, 4.69) is 20.7 Å². The van der Waals surface area contributed by atoms with Crippen LogP contribution < -0.4 is 4.74 Å². The van der Waals surface area contributed by atoms with Crippen molar-refractivity contribution >= 4 is 50.8 Å². The molecular weight excluding hydrogens is 295 g/mol. The van der Waals surface area contributed by atoms with Gasteiger partial charge in [-0.2, -0.15) is 0 Å². The molecule has 0 N–H and O–H groups in total. The van der Waals surface area contributed by atoms with Gasteiger partial charge in [-0.15, -0.1) is 0 Å². The lowest BCUT2D eigenvalue weighted by atomic mass is 10.2. The van der Waals surface area contributed by atoms with Gasteiger partial charge < -0.3 is 4.74 Å². The predicted octanol–water partition coefficient (Wildman–Crippen LogP) is 3.65. The van der Waals surface area contributed by atoms with E-state index in [9.17, 15) is 9.59 Å². The molecule has 0 amide bonds. The summed E-state index contributed by atoms with van der Waals surface area (Å²) in [6, 6.07) is 2.86. The molecule has 1 aromatic rings. The van der Waals surface area contributed by atoms with Crippen LogP contribution in [0.2, 0.25) is 5.02 Å². The Balaban J connectivity index is 3.24. The Morgan fingerprint density at radius 2 is 2.14 bits per heavy atom. The van der Waals surface area contributed by atoms with Crippen LogP contribution in [-0.2, 0) is 0 Å². The second-order valence-corrected chi connectivity index (χ2v) is 3.86. The summed E-state index contributed by atoms with van der Waals surface area (Å²) in [4.78, 5) is 21.1. The van der Waals surface area contributed by atoms with Gasteiger partial charge in [0.15, 0.2) is 12.0 Å². The van der Waals surface area contributed by atoms with Crippen molar-refractivity contribution in [2.45, 2.75) is 0 Å². The second-order valence-electron chi connectivity index (χ2n) is 2.26. The Morgan fingerprint density at radius 3 is 2.64 bits per heavy atom. The molecule has 0 radical (unpaired) electrons. The summed E-state index contributed by atoms with van der Waals surface area (Å²) in [5.74, 6) is 0.0596. The van der Waals surface area contributed by atoms with Crippen LogP contribution in [0.5, 0.6) is 5.75 Å². The number of halogens is 3. The molecule has 3 nitrogen and oxygen atoms in total. The first-order valence-corrected chi connectivity index (χ1v) is 4.91. The van der Waals surface area contributed by atoms with Gasteiger partial charge in [-0.1, -0.05) is 11.6 Å². The highest BCUT2D eigenvalue weighted by molar-refractivity contribution is 9.10. The van der Waals surface area contributed by atoms with Crippen LogP contribution in [0.3, 0.4) is 0 Å². The number of benzene rings is 1. The summed E-state index contributed by atoms with van der Waals surface area (Å²) < 4.78 is 5.00. The smallest absolute Gasteiger partial charge is 0.409 e. The zero-order chi connectivity index (χ0) is 10.7. The molecule has 0 saturated heterocycles. The summed E-state index contributed by atoms with van der Waals surface area (Å²) in [5.41, 5.74) is -0.866. The van der Waals surface area contributed by atoms with Gasteiger partial charge in [0, 0.05) is 16.6 Å². The number of hydrogen-bond acceptors (Lipinski definition) is 3. The van der Waals surface area contributed by atoms with Crippen LogP contribution in [0.4, 0.5) is 4.79 Å². The lowest BCUT2D eigenvalue weighted by molar-refractivity contribution is 0.112. The Kier molecular flexibility index (Phi) is 3.92. The maximum Gasteiger partial charge on any atom is 0.409 e. The zero-order valence-electron chi connectivity index (χ0n) is 6.59. The Morgan fingerprint density at radius 1 is 1.50 bits per heavy atom. The van der Waals surface area contributed by atoms with E-state index in [0.717, 1.165) is 0 Å². The van der Waals surface area contributed by atoms with E-state index < -0.39 is 5.43 Å². The largest absolute Gasteiger partial charge is 0.413 e. The number of aldehydes is 1. The van der Waals surface area contributed by atoms with Crippen LogP contribution in [0.1, 0.15) is 10.4 Å². The van der Waals surface area contributed by atoms with E-state index >= 15 is 0 Å².